The van der Waals surface area contributed by atoms with Gasteiger partial charge in [-0.15, -0.1) is 0 Å². The number of hydrogen-bond acceptors (Lipinski definition) is 0. The molecule has 4 aromatic rings. The molecule has 1 atom stereocenters. The van der Waals surface area contributed by atoms with E-state index in [4.69, 9.17) is 0 Å². The van der Waals surface area contributed by atoms with Gasteiger partial charge in [0.2, 0.25) is 0 Å². The third-order valence-electron chi connectivity index (χ3n) is 9.13. The second-order valence-electron chi connectivity index (χ2n) is 14.4. The summed E-state index contributed by atoms with van der Waals surface area (Å²) in [5, 5.41) is 0. The Kier molecular flexibility index (Phi) is 7.64. The van der Waals surface area contributed by atoms with E-state index in [9.17, 15) is 0 Å². The van der Waals surface area contributed by atoms with Gasteiger partial charge in [0.15, 0.2) is 0 Å². The van der Waals surface area contributed by atoms with E-state index < -0.39 is 21.3 Å². The molecule has 0 fully saturated rings. The van der Waals surface area contributed by atoms with Gasteiger partial charge in [-0.25, -0.2) is 0 Å². The Labute approximate surface area is 261 Å². The maximum absolute atomic E-state index is 2.72. The summed E-state index contributed by atoms with van der Waals surface area (Å²) in [6.45, 7) is 18.7. The first-order valence-corrected chi connectivity index (χ1v) is 19.4. The van der Waals surface area contributed by atoms with Crippen molar-refractivity contribution < 1.29 is 21.3 Å². The summed E-state index contributed by atoms with van der Waals surface area (Å²) in [6, 6.07) is 37.5. The first kappa shape index (κ1) is 29.2. The fraction of sp³-hybridized carbons (Fsp3) is 0.293. The molecule has 0 bridgehead atoms. The van der Waals surface area contributed by atoms with Gasteiger partial charge in [0.05, 0.1) is 0 Å². The van der Waals surface area contributed by atoms with Crippen LogP contribution in [0.25, 0.3) is 11.1 Å². The Bertz CT molecular complexity index is 1630. The van der Waals surface area contributed by atoms with E-state index in [0.29, 0.717) is 9.54 Å². The van der Waals surface area contributed by atoms with E-state index in [1.54, 1.807) is 17.6 Å². The molecule has 4 aromatic carbocycles. The number of rotatable bonds is 4. The molecule has 0 radical (unpaired) electrons. The number of fused-ring (bicyclic) bond motifs is 3. The predicted molar refractivity (Wildman–Crippen MR) is 178 cm³/mol. The molecular formula is C41H44Zr. The maximum atomic E-state index is 2.57. The molecule has 0 aromatic heterocycles. The van der Waals surface area contributed by atoms with Crippen LogP contribution in [-0.2, 0) is 32.1 Å². The average molecular weight is 628 g/mol. The van der Waals surface area contributed by atoms with Gasteiger partial charge in [0, 0.05) is 0 Å². The van der Waals surface area contributed by atoms with Crippen molar-refractivity contribution in [2.24, 2.45) is 5.92 Å². The Balaban J connectivity index is 1.74. The van der Waals surface area contributed by atoms with Crippen LogP contribution in [0.15, 0.2) is 118 Å². The first-order chi connectivity index (χ1) is 19.9. The molecule has 0 saturated carbocycles. The molecule has 0 spiro atoms. The normalized spacial score (nSPS) is 16.5. The van der Waals surface area contributed by atoms with Crippen LogP contribution in [0.4, 0.5) is 0 Å². The third kappa shape index (κ3) is 5.35. The molecule has 1 heteroatoms. The molecule has 0 nitrogen and oxygen atoms in total. The second-order valence-corrected chi connectivity index (χ2v) is 20.5. The van der Waals surface area contributed by atoms with Gasteiger partial charge in [-0.1, -0.05) is 0 Å². The number of hydrogen-bond donors (Lipinski definition) is 0. The van der Waals surface area contributed by atoms with Crippen molar-refractivity contribution in [1.29, 1.82) is 0 Å². The minimum atomic E-state index is -2.72. The second kappa shape index (κ2) is 11.0. The zero-order valence-electron chi connectivity index (χ0n) is 26.5. The van der Waals surface area contributed by atoms with Crippen molar-refractivity contribution >= 4 is 3.21 Å². The van der Waals surface area contributed by atoms with Gasteiger partial charge >= 0.3 is 263 Å². The summed E-state index contributed by atoms with van der Waals surface area (Å²) < 4.78 is 3.74. The first-order valence-electron chi connectivity index (χ1n) is 15.5. The van der Waals surface area contributed by atoms with E-state index in [-0.39, 0.29) is 10.8 Å². The molecule has 0 N–H and O–H groups in total. The summed E-state index contributed by atoms with van der Waals surface area (Å²) in [5.41, 5.74) is 13.2. The Morgan fingerprint density at radius 2 is 1.07 bits per heavy atom. The Hall–Kier alpha value is -2.89. The summed E-state index contributed by atoms with van der Waals surface area (Å²) >= 11 is -2.72. The predicted octanol–water partition coefficient (Wildman–Crippen LogP) is 10.7. The third-order valence-corrected chi connectivity index (χ3v) is 17.8. The fourth-order valence-electron chi connectivity index (χ4n) is 6.87. The van der Waals surface area contributed by atoms with Crippen LogP contribution in [-0.4, -0.2) is 3.21 Å². The molecular weight excluding hydrogens is 584 g/mol. The number of allylic oxidation sites excluding steroid dienone is 4. The van der Waals surface area contributed by atoms with E-state index in [1.165, 1.54) is 39.0 Å². The van der Waals surface area contributed by atoms with E-state index >= 15 is 0 Å². The molecule has 2 aliphatic rings. The summed E-state index contributed by atoms with van der Waals surface area (Å²) in [7, 11) is 0. The fourth-order valence-corrected chi connectivity index (χ4v) is 16.6. The van der Waals surface area contributed by atoms with Crippen LogP contribution in [0.5, 0.6) is 0 Å². The summed E-state index contributed by atoms with van der Waals surface area (Å²) in [6.07, 6.45) is 5.06. The van der Waals surface area contributed by atoms with E-state index in [2.05, 4.69) is 165 Å². The standard InChI is InChI=1S/C21H25.C13H10.C7H9.Zr/c1-20(2,3)16-9-7-14-11-15-8-10-17(21(4,5)6)13-19(15)18(14)12-16;1-3-7-12(8-4-1)11-13-9-5-2-6-10-13;1-6-3-4-7(2)5-6;/h7-13H,1-6H3;1-10H;3,5,7H,1-2H3;. The van der Waals surface area contributed by atoms with Crippen LogP contribution < -0.4 is 0 Å². The van der Waals surface area contributed by atoms with Gasteiger partial charge in [-0.05, 0) is 0 Å². The molecule has 0 aliphatic heterocycles. The molecule has 6 rings (SSSR count). The van der Waals surface area contributed by atoms with Crippen molar-refractivity contribution in [2.75, 3.05) is 0 Å². The van der Waals surface area contributed by atoms with Crippen molar-refractivity contribution in [1.82, 2.24) is 0 Å². The van der Waals surface area contributed by atoms with Gasteiger partial charge < -0.3 is 0 Å². The van der Waals surface area contributed by atoms with Crippen molar-refractivity contribution in [3.05, 3.63) is 151 Å². The molecule has 0 heterocycles. The molecule has 0 amide bonds. The van der Waals surface area contributed by atoms with E-state index in [0.717, 1.165) is 0 Å². The molecule has 212 valence electrons. The van der Waals surface area contributed by atoms with Crippen LogP contribution in [0.1, 0.15) is 92.4 Å². The van der Waals surface area contributed by atoms with Crippen LogP contribution >= 0.6 is 0 Å². The Morgan fingerprint density at radius 3 is 1.45 bits per heavy atom. The van der Waals surface area contributed by atoms with Gasteiger partial charge in [0.25, 0.3) is 0 Å². The molecule has 1 unspecified atom stereocenters. The van der Waals surface area contributed by atoms with Crippen molar-refractivity contribution in [3.8, 4) is 11.1 Å². The van der Waals surface area contributed by atoms with Crippen LogP contribution in [0.2, 0.25) is 0 Å². The topological polar surface area (TPSA) is 0 Å². The van der Waals surface area contributed by atoms with Crippen LogP contribution in [0, 0.1) is 5.92 Å². The van der Waals surface area contributed by atoms with E-state index in [1.807, 2.05) is 0 Å². The molecule has 2 aliphatic carbocycles. The average Bonchev–Trinajstić information content (AvgIpc) is 3.46. The van der Waals surface area contributed by atoms with Gasteiger partial charge in [-0.3, -0.25) is 0 Å². The SMILES string of the molecule is CC1=CC(C)[C]([Zr](=[C](c2ccccc2)c2ccccc2)[CH]2c3ccc(C(C)(C)C)cc3-c3cc(C(C)(C)C)ccc32)=C1. The summed E-state index contributed by atoms with van der Waals surface area (Å²) in [5.74, 6) is 0.469. The van der Waals surface area contributed by atoms with Gasteiger partial charge in [-0.2, -0.15) is 0 Å². The molecule has 42 heavy (non-hydrogen) atoms. The monoisotopic (exact) mass is 626 g/mol. The summed E-state index contributed by atoms with van der Waals surface area (Å²) in [4.78, 5) is 0. The number of benzene rings is 4. The van der Waals surface area contributed by atoms with Gasteiger partial charge in [0.1, 0.15) is 0 Å². The van der Waals surface area contributed by atoms with Crippen molar-refractivity contribution in [2.45, 2.75) is 69.8 Å². The van der Waals surface area contributed by atoms with Crippen LogP contribution in [0.3, 0.4) is 0 Å². The van der Waals surface area contributed by atoms with Crippen molar-refractivity contribution in [3.63, 3.8) is 0 Å². The zero-order valence-corrected chi connectivity index (χ0v) is 29.0. The minimum absolute atomic E-state index is 0.103. The quantitative estimate of drug-likeness (QED) is 0.211. The molecule has 0 saturated heterocycles. The zero-order chi connectivity index (χ0) is 29.8. The Morgan fingerprint density at radius 1 is 0.619 bits per heavy atom.